The third kappa shape index (κ3) is 2.10. The maximum absolute atomic E-state index is 12.1. The lowest BCUT2D eigenvalue weighted by atomic mass is 9.96. The molecule has 6 nitrogen and oxygen atoms in total. The van der Waals surface area contributed by atoms with Gasteiger partial charge < -0.3 is 0 Å². The van der Waals surface area contributed by atoms with Crippen LogP contribution in [-0.2, 0) is 10.0 Å². The molecule has 0 radical (unpaired) electrons. The molecule has 1 aromatic heterocycles. The number of hydrogen-bond acceptors (Lipinski definition) is 4. The highest BCUT2D eigenvalue weighted by molar-refractivity contribution is 7.88. The van der Waals surface area contributed by atoms with E-state index in [9.17, 15) is 8.42 Å². The molecule has 1 heterocycles. The van der Waals surface area contributed by atoms with Crippen molar-refractivity contribution in [2.75, 3.05) is 7.05 Å². The van der Waals surface area contributed by atoms with Gasteiger partial charge in [0.1, 0.15) is 6.33 Å². The van der Waals surface area contributed by atoms with E-state index in [1.807, 2.05) is 0 Å². The fraction of sp³-hybridized carbons (Fsp3) is 0.778. The summed E-state index contributed by atoms with van der Waals surface area (Å²) in [6.07, 6.45) is 6.48. The monoisotopic (exact) mass is 244 g/mol. The molecule has 0 amide bonds. The van der Waals surface area contributed by atoms with Gasteiger partial charge in [0, 0.05) is 13.1 Å². The topological polar surface area (TPSA) is 79.0 Å². The van der Waals surface area contributed by atoms with E-state index in [4.69, 9.17) is 0 Å². The Hall–Kier alpha value is -0.950. The second kappa shape index (κ2) is 4.50. The normalized spacial score (nSPS) is 19.1. The first-order valence-corrected chi connectivity index (χ1v) is 6.90. The molecule has 1 N–H and O–H groups in total. The van der Waals surface area contributed by atoms with Crippen molar-refractivity contribution >= 4 is 10.0 Å². The fourth-order valence-electron chi connectivity index (χ4n) is 2.10. The summed E-state index contributed by atoms with van der Waals surface area (Å²) in [5, 5.41) is 5.91. The average Bonchev–Trinajstić information content (AvgIpc) is 2.83. The average molecular weight is 244 g/mol. The fourth-order valence-corrected chi connectivity index (χ4v) is 3.32. The third-order valence-corrected chi connectivity index (χ3v) is 4.85. The summed E-state index contributed by atoms with van der Waals surface area (Å²) < 4.78 is 25.6. The van der Waals surface area contributed by atoms with Crippen LogP contribution >= 0.6 is 0 Å². The van der Waals surface area contributed by atoms with Crippen LogP contribution in [0.3, 0.4) is 0 Å². The Morgan fingerprint density at radius 2 is 2.06 bits per heavy atom. The van der Waals surface area contributed by atoms with E-state index in [1.165, 1.54) is 17.1 Å². The van der Waals surface area contributed by atoms with Gasteiger partial charge >= 0.3 is 0 Å². The van der Waals surface area contributed by atoms with Gasteiger partial charge in [-0.15, -0.1) is 0 Å². The van der Waals surface area contributed by atoms with Crippen molar-refractivity contribution in [3.8, 4) is 0 Å². The maximum atomic E-state index is 12.1. The third-order valence-electron chi connectivity index (χ3n) is 3.11. The molecule has 1 saturated carbocycles. The molecule has 0 bridgehead atoms. The summed E-state index contributed by atoms with van der Waals surface area (Å²) >= 11 is 0. The lowest BCUT2D eigenvalue weighted by Crippen LogP contribution is -2.38. The van der Waals surface area contributed by atoms with Crippen LogP contribution in [0.15, 0.2) is 11.5 Å². The highest BCUT2D eigenvalue weighted by atomic mass is 32.2. The Bertz CT molecular complexity index is 422. The van der Waals surface area contributed by atoms with E-state index in [2.05, 4.69) is 15.2 Å². The molecular weight excluding hydrogens is 228 g/mol. The minimum Gasteiger partial charge on any atom is -0.249 e. The minimum absolute atomic E-state index is 0.0689. The largest absolute Gasteiger partial charge is 0.278 e. The number of rotatable bonds is 3. The van der Waals surface area contributed by atoms with Crippen LogP contribution in [0, 0.1) is 0 Å². The van der Waals surface area contributed by atoms with Crippen LogP contribution in [0.4, 0.5) is 0 Å². The summed E-state index contributed by atoms with van der Waals surface area (Å²) in [6.45, 7) is 0. The van der Waals surface area contributed by atoms with E-state index >= 15 is 0 Å². The zero-order valence-corrected chi connectivity index (χ0v) is 10.1. The van der Waals surface area contributed by atoms with Crippen LogP contribution in [-0.4, -0.2) is 41.0 Å². The first kappa shape index (κ1) is 11.5. The van der Waals surface area contributed by atoms with Crippen molar-refractivity contribution in [2.45, 2.75) is 43.3 Å². The Labute approximate surface area is 95.1 Å². The summed E-state index contributed by atoms with van der Waals surface area (Å²) in [4.78, 5) is 3.71. The summed E-state index contributed by atoms with van der Waals surface area (Å²) in [5.74, 6) is 0. The molecule has 2 rings (SSSR count). The lowest BCUT2D eigenvalue weighted by Gasteiger charge is -2.29. The molecular formula is C9H16N4O2S. The maximum Gasteiger partial charge on any atom is 0.278 e. The Kier molecular flexibility index (Phi) is 3.25. The predicted octanol–water partition coefficient (Wildman–Crippen LogP) is 0.758. The van der Waals surface area contributed by atoms with Gasteiger partial charge in [0.25, 0.3) is 15.2 Å². The van der Waals surface area contributed by atoms with Gasteiger partial charge in [-0.25, -0.2) is 18.5 Å². The Morgan fingerprint density at radius 1 is 1.38 bits per heavy atom. The highest BCUT2D eigenvalue weighted by Gasteiger charge is 2.30. The molecule has 1 aromatic rings. The molecule has 1 aliphatic carbocycles. The molecule has 1 aliphatic rings. The minimum atomic E-state index is -3.49. The smallest absolute Gasteiger partial charge is 0.249 e. The molecule has 0 saturated heterocycles. The molecule has 1 fully saturated rings. The molecule has 16 heavy (non-hydrogen) atoms. The molecule has 0 unspecified atom stereocenters. The quantitative estimate of drug-likeness (QED) is 0.851. The van der Waals surface area contributed by atoms with Crippen molar-refractivity contribution in [1.29, 1.82) is 0 Å². The summed E-state index contributed by atoms with van der Waals surface area (Å²) in [5.41, 5.74) is 0. The van der Waals surface area contributed by atoms with Gasteiger partial charge in [-0.3, -0.25) is 0 Å². The molecule has 7 heteroatoms. The van der Waals surface area contributed by atoms with Crippen molar-refractivity contribution < 1.29 is 8.42 Å². The van der Waals surface area contributed by atoms with Crippen LogP contribution in [0.5, 0.6) is 0 Å². The number of sulfonamides is 1. The number of H-pyrrole nitrogens is 1. The standard InChI is InChI=1S/C9H16N4O2S/c1-13(8-5-3-2-4-6-8)16(14,15)9-10-7-11-12-9/h7-8H,2-6H2,1H3,(H,10,11,12). The van der Waals surface area contributed by atoms with Gasteiger partial charge in [0.2, 0.25) is 0 Å². The Morgan fingerprint density at radius 3 is 2.62 bits per heavy atom. The second-order valence-corrected chi connectivity index (χ2v) is 6.02. The first-order valence-electron chi connectivity index (χ1n) is 5.46. The van der Waals surface area contributed by atoms with Crippen molar-refractivity contribution in [3.63, 3.8) is 0 Å². The van der Waals surface area contributed by atoms with E-state index in [0.29, 0.717) is 0 Å². The van der Waals surface area contributed by atoms with E-state index in [1.54, 1.807) is 7.05 Å². The van der Waals surface area contributed by atoms with E-state index in [0.717, 1.165) is 25.7 Å². The predicted molar refractivity (Wildman–Crippen MR) is 58.2 cm³/mol. The van der Waals surface area contributed by atoms with Crippen LogP contribution in [0.1, 0.15) is 32.1 Å². The molecule has 0 atom stereocenters. The van der Waals surface area contributed by atoms with Crippen LogP contribution < -0.4 is 0 Å². The van der Waals surface area contributed by atoms with Crippen LogP contribution in [0.25, 0.3) is 0 Å². The SMILES string of the molecule is CN(C1CCCCC1)S(=O)(=O)c1ncn[nH]1. The number of aromatic amines is 1. The van der Waals surface area contributed by atoms with Gasteiger partial charge in [-0.1, -0.05) is 19.3 Å². The van der Waals surface area contributed by atoms with Gasteiger partial charge in [0.15, 0.2) is 0 Å². The second-order valence-electron chi connectivity index (χ2n) is 4.10. The zero-order chi connectivity index (χ0) is 11.6. The number of hydrogen-bond donors (Lipinski definition) is 1. The number of nitrogens with one attached hydrogen (secondary N) is 1. The summed E-state index contributed by atoms with van der Waals surface area (Å²) in [7, 11) is -1.87. The lowest BCUT2D eigenvalue weighted by molar-refractivity contribution is 0.284. The molecule has 0 spiro atoms. The molecule has 90 valence electrons. The molecule has 0 aliphatic heterocycles. The van der Waals surface area contributed by atoms with Crippen molar-refractivity contribution in [1.82, 2.24) is 19.5 Å². The van der Waals surface area contributed by atoms with E-state index in [-0.39, 0.29) is 11.2 Å². The van der Waals surface area contributed by atoms with Crippen molar-refractivity contribution in [2.24, 2.45) is 0 Å². The summed E-state index contributed by atoms with van der Waals surface area (Å²) in [6, 6.07) is 0.101. The van der Waals surface area contributed by atoms with E-state index < -0.39 is 10.0 Å². The van der Waals surface area contributed by atoms with Crippen molar-refractivity contribution in [3.05, 3.63) is 6.33 Å². The first-order chi connectivity index (χ1) is 7.62. The Balaban J connectivity index is 2.17. The van der Waals surface area contributed by atoms with Gasteiger partial charge in [0.05, 0.1) is 0 Å². The molecule has 0 aromatic carbocycles. The van der Waals surface area contributed by atoms with Gasteiger partial charge in [-0.05, 0) is 12.8 Å². The number of aromatic nitrogens is 3. The zero-order valence-electron chi connectivity index (χ0n) is 9.26. The highest BCUT2D eigenvalue weighted by Crippen LogP contribution is 2.24. The van der Waals surface area contributed by atoms with Crippen LogP contribution in [0.2, 0.25) is 0 Å². The number of nitrogens with zero attached hydrogens (tertiary/aromatic N) is 3. The van der Waals surface area contributed by atoms with Gasteiger partial charge in [-0.2, -0.15) is 9.40 Å².